The number of aliphatic carboxylic acids is 1. The Morgan fingerprint density at radius 1 is 1.61 bits per heavy atom. The summed E-state index contributed by atoms with van der Waals surface area (Å²) in [6, 6.07) is 0.846. The van der Waals surface area contributed by atoms with Crippen molar-refractivity contribution >= 4 is 33.6 Å². The Kier molecular flexibility index (Phi) is 5.24. The van der Waals surface area contributed by atoms with E-state index in [1.165, 1.54) is 0 Å². The first kappa shape index (κ1) is 14.6. The van der Waals surface area contributed by atoms with E-state index < -0.39 is 17.9 Å². The zero-order valence-corrected chi connectivity index (χ0v) is 11.4. The number of anilines is 1. The molecular formula is C11H14BrN3O3. The molecule has 0 radical (unpaired) electrons. The van der Waals surface area contributed by atoms with Crippen LogP contribution in [-0.2, 0) is 9.59 Å². The van der Waals surface area contributed by atoms with Crippen molar-refractivity contribution in [1.29, 1.82) is 0 Å². The third kappa shape index (κ3) is 4.42. The van der Waals surface area contributed by atoms with Gasteiger partial charge in [0.15, 0.2) is 0 Å². The molecule has 1 atom stereocenters. The summed E-state index contributed by atoms with van der Waals surface area (Å²) >= 11 is 3.30. The molecule has 7 heteroatoms. The topological polar surface area (TPSA) is 105 Å². The molecule has 6 nitrogen and oxygen atoms in total. The number of nitrogens with zero attached hydrogens (tertiary/aromatic N) is 1. The van der Waals surface area contributed by atoms with Gasteiger partial charge in [0.2, 0.25) is 5.91 Å². The van der Waals surface area contributed by atoms with Gasteiger partial charge in [-0.2, -0.15) is 0 Å². The van der Waals surface area contributed by atoms with Crippen LogP contribution in [0.2, 0.25) is 0 Å². The number of carboxylic acid groups (broad SMARTS) is 1. The fourth-order valence-corrected chi connectivity index (χ4v) is 1.45. The molecule has 1 amide bonds. The van der Waals surface area contributed by atoms with Gasteiger partial charge in [-0.05, 0) is 40.9 Å². The highest BCUT2D eigenvalue weighted by Gasteiger charge is 2.15. The largest absolute Gasteiger partial charge is 0.481 e. The van der Waals surface area contributed by atoms with Crippen molar-refractivity contribution in [2.75, 3.05) is 5.32 Å². The third-order valence-corrected chi connectivity index (χ3v) is 3.13. The van der Waals surface area contributed by atoms with Crippen molar-refractivity contribution < 1.29 is 14.7 Å². The van der Waals surface area contributed by atoms with E-state index in [4.69, 9.17) is 10.8 Å². The number of nitrogens with two attached hydrogens (primary N) is 1. The van der Waals surface area contributed by atoms with E-state index in [1.807, 2.05) is 6.92 Å². The van der Waals surface area contributed by atoms with Gasteiger partial charge in [0, 0.05) is 17.1 Å². The van der Waals surface area contributed by atoms with Crippen LogP contribution in [0.25, 0.3) is 0 Å². The molecule has 1 aromatic rings. The number of aromatic nitrogens is 1. The number of rotatable bonds is 5. The zero-order chi connectivity index (χ0) is 13.7. The SMILES string of the molecule is Cc1cc(NC(=O)C(N)CCC(=O)O)ncc1Br. The van der Waals surface area contributed by atoms with Crippen molar-refractivity contribution in [2.24, 2.45) is 5.73 Å². The van der Waals surface area contributed by atoms with Gasteiger partial charge in [-0.15, -0.1) is 0 Å². The molecule has 0 saturated heterocycles. The number of carbonyl (C=O) groups excluding carboxylic acids is 1. The average Bonchev–Trinajstić information content (AvgIpc) is 2.30. The summed E-state index contributed by atoms with van der Waals surface area (Å²) in [6.45, 7) is 1.87. The molecule has 0 saturated carbocycles. The molecule has 0 aromatic carbocycles. The predicted molar refractivity (Wildman–Crippen MR) is 70.1 cm³/mol. The Morgan fingerprint density at radius 2 is 2.28 bits per heavy atom. The Labute approximate surface area is 113 Å². The molecule has 1 rings (SSSR count). The second-order valence-electron chi connectivity index (χ2n) is 3.85. The first-order chi connectivity index (χ1) is 8.40. The van der Waals surface area contributed by atoms with Gasteiger partial charge in [-0.3, -0.25) is 9.59 Å². The van der Waals surface area contributed by atoms with Gasteiger partial charge >= 0.3 is 5.97 Å². The Bertz CT molecular complexity index is 465. The monoisotopic (exact) mass is 315 g/mol. The molecule has 0 bridgehead atoms. The van der Waals surface area contributed by atoms with Crippen LogP contribution < -0.4 is 11.1 Å². The number of carboxylic acids is 1. The lowest BCUT2D eigenvalue weighted by molar-refractivity contribution is -0.137. The maximum atomic E-state index is 11.6. The first-order valence-corrected chi connectivity index (χ1v) is 6.10. The lowest BCUT2D eigenvalue weighted by Gasteiger charge is -2.11. The van der Waals surface area contributed by atoms with Crippen LogP contribution in [0.1, 0.15) is 18.4 Å². The average molecular weight is 316 g/mol. The van der Waals surface area contributed by atoms with Crippen LogP contribution in [0.3, 0.4) is 0 Å². The molecule has 18 heavy (non-hydrogen) atoms. The second-order valence-corrected chi connectivity index (χ2v) is 4.70. The molecule has 0 aliphatic rings. The molecule has 0 spiro atoms. The third-order valence-electron chi connectivity index (χ3n) is 2.30. The fourth-order valence-electron chi connectivity index (χ4n) is 1.24. The van der Waals surface area contributed by atoms with E-state index in [9.17, 15) is 9.59 Å². The Balaban J connectivity index is 2.58. The molecule has 1 aromatic heterocycles. The van der Waals surface area contributed by atoms with E-state index in [2.05, 4.69) is 26.2 Å². The van der Waals surface area contributed by atoms with E-state index >= 15 is 0 Å². The van der Waals surface area contributed by atoms with Crippen molar-refractivity contribution in [3.05, 3.63) is 22.3 Å². The van der Waals surface area contributed by atoms with Crippen molar-refractivity contribution in [2.45, 2.75) is 25.8 Å². The van der Waals surface area contributed by atoms with Crippen molar-refractivity contribution in [1.82, 2.24) is 4.98 Å². The van der Waals surface area contributed by atoms with Crippen molar-refractivity contribution in [3.8, 4) is 0 Å². The maximum Gasteiger partial charge on any atom is 0.303 e. The summed E-state index contributed by atoms with van der Waals surface area (Å²) in [5.74, 6) is -1.02. The zero-order valence-electron chi connectivity index (χ0n) is 9.81. The molecule has 0 aliphatic carbocycles. The van der Waals surface area contributed by atoms with Crippen LogP contribution in [0.5, 0.6) is 0 Å². The van der Waals surface area contributed by atoms with Gasteiger partial charge in [-0.1, -0.05) is 0 Å². The number of amides is 1. The number of aryl methyl sites for hydroxylation is 1. The fraction of sp³-hybridized carbons (Fsp3) is 0.364. The van der Waals surface area contributed by atoms with Gasteiger partial charge < -0.3 is 16.2 Å². The van der Waals surface area contributed by atoms with Crippen molar-refractivity contribution in [3.63, 3.8) is 0 Å². The molecule has 0 aliphatic heterocycles. The lowest BCUT2D eigenvalue weighted by Crippen LogP contribution is -2.36. The number of carbonyl (C=O) groups is 2. The van der Waals surface area contributed by atoms with E-state index in [0.29, 0.717) is 5.82 Å². The number of hydrogen-bond acceptors (Lipinski definition) is 4. The van der Waals surface area contributed by atoms with Crippen LogP contribution in [-0.4, -0.2) is 28.0 Å². The van der Waals surface area contributed by atoms with E-state index in [-0.39, 0.29) is 12.8 Å². The van der Waals surface area contributed by atoms with Gasteiger partial charge in [-0.25, -0.2) is 4.98 Å². The summed E-state index contributed by atoms with van der Waals surface area (Å²) in [4.78, 5) is 26.0. The van der Waals surface area contributed by atoms with E-state index in [1.54, 1.807) is 12.3 Å². The number of nitrogens with one attached hydrogen (secondary N) is 1. The smallest absolute Gasteiger partial charge is 0.303 e. The Hall–Kier alpha value is -1.47. The predicted octanol–water partition coefficient (Wildman–Crippen LogP) is 1.28. The second kappa shape index (κ2) is 6.46. The van der Waals surface area contributed by atoms with Crippen LogP contribution in [0.15, 0.2) is 16.7 Å². The summed E-state index contributed by atoms with van der Waals surface area (Å²) in [7, 11) is 0. The minimum atomic E-state index is -0.976. The molecule has 0 fully saturated rings. The molecule has 1 heterocycles. The molecule has 4 N–H and O–H groups in total. The molecular weight excluding hydrogens is 302 g/mol. The van der Waals surface area contributed by atoms with Gasteiger partial charge in [0.25, 0.3) is 0 Å². The van der Waals surface area contributed by atoms with Crippen LogP contribution in [0.4, 0.5) is 5.82 Å². The Morgan fingerprint density at radius 3 is 2.83 bits per heavy atom. The minimum absolute atomic E-state index is 0.0939. The number of pyridine rings is 1. The summed E-state index contributed by atoms with van der Waals surface area (Å²) in [5.41, 5.74) is 6.50. The molecule has 1 unspecified atom stereocenters. The molecule has 98 valence electrons. The quantitative estimate of drug-likeness (QED) is 0.759. The lowest BCUT2D eigenvalue weighted by atomic mass is 10.1. The van der Waals surface area contributed by atoms with Crippen LogP contribution >= 0.6 is 15.9 Å². The van der Waals surface area contributed by atoms with E-state index in [0.717, 1.165) is 10.0 Å². The summed E-state index contributed by atoms with van der Waals surface area (Å²) < 4.78 is 0.843. The standard InChI is InChI=1S/C11H14BrN3O3/c1-6-4-9(14-5-7(6)12)15-11(18)8(13)2-3-10(16)17/h4-5,8H,2-3,13H2,1H3,(H,16,17)(H,14,15,18). The summed E-state index contributed by atoms with van der Waals surface area (Å²) in [6.07, 6.45) is 1.53. The number of halogens is 1. The minimum Gasteiger partial charge on any atom is -0.481 e. The normalized spacial score (nSPS) is 11.9. The van der Waals surface area contributed by atoms with Crippen LogP contribution in [0, 0.1) is 6.92 Å². The van der Waals surface area contributed by atoms with Gasteiger partial charge in [0.1, 0.15) is 5.82 Å². The highest BCUT2D eigenvalue weighted by Crippen LogP contribution is 2.17. The first-order valence-electron chi connectivity index (χ1n) is 5.30. The maximum absolute atomic E-state index is 11.6. The highest BCUT2D eigenvalue weighted by molar-refractivity contribution is 9.10. The highest BCUT2D eigenvalue weighted by atomic mass is 79.9. The number of hydrogen-bond donors (Lipinski definition) is 3. The summed E-state index contributed by atoms with van der Waals surface area (Å²) in [5, 5.41) is 11.0. The van der Waals surface area contributed by atoms with Gasteiger partial charge in [0.05, 0.1) is 6.04 Å².